The van der Waals surface area contributed by atoms with Gasteiger partial charge in [-0.2, -0.15) is 0 Å². The molecule has 1 aromatic carbocycles. The van der Waals surface area contributed by atoms with Crippen molar-refractivity contribution in [3.63, 3.8) is 0 Å². The lowest BCUT2D eigenvalue weighted by atomic mass is 10.0. The fourth-order valence-electron chi connectivity index (χ4n) is 2.72. The number of carbonyl (C=O) groups excluding carboxylic acids is 1. The van der Waals surface area contributed by atoms with E-state index in [1.54, 1.807) is 30.0 Å². The lowest BCUT2D eigenvalue weighted by molar-refractivity contribution is 0.0623. The summed E-state index contributed by atoms with van der Waals surface area (Å²) in [7, 11) is 0. The summed E-state index contributed by atoms with van der Waals surface area (Å²) in [4.78, 5) is 26.8. The number of carbonyl (C=O) groups is 2. The van der Waals surface area contributed by atoms with E-state index in [0.29, 0.717) is 40.7 Å². The number of aryl methyl sites for hydroxylation is 1. The van der Waals surface area contributed by atoms with E-state index in [-0.39, 0.29) is 19.0 Å². The largest absolute Gasteiger partial charge is 0.465 e. The fraction of sp³-hybridized carbons (Fsp3) is 0.312. The molecule has 24 heavy (non-hydrogen) atoms. The second kappa shape index (κ2) is 6.52. The minimum absolute atomic E-state index is 0.228. The van der Waals surface area contributed by atoms with Gasteiger partial charge in [0.2, 0.25) is 0 Å². The molecule has 1 fully saturated rings. The van der Waals surface area contributed by atoms with Crippen molar-refractivity contribution in [2.75, 3.05) is 26.2 Å². The normalized spacial score (nSPS) is 14.8. The molecule has 1 aliphatic rings. The van der Waals surface area contributed by atoms with Crippen molar-refractivity contribution in [2.24, 2.45) is 0 Å². The minimum atomic E-state index is -0.972. The van der Waals surface area contributed by atoms with Crippen LogP contribution >= 0.6 is 11.6 Å². The Morgan fingerprint density at radius 3 is 2.42 bits per heavy atom. The number of halogens is 1. The van der Waals surface area contributed by atoms with Crippen LogP contribution in [0.3, 0.4) is 0 Å². The van der Waals surface area contributed by atoms with E-state index in [9.17, 15) is 9.59 Å². The molecule has 0 atom stereocenters. The van der Waals surface area contributed by atoms with Crippen molar-refractivity contribution < 1.29 is 19.2 Å². The Bertz CT molecular complexity index is 781. The molecule has 1 saturated heterocycles. The molecule has 0 unspecified atom stereocenters. The highest BCUT2D eigenvalue weighted by Gasteiger charge is 2.30. The van der Waals surface area contributed by atoms with E-state index < -0.39 is 6.09 Å². The average Bonchev–Trinajstić information content (AvgIpc) is 2.96. The van der Waals surface area contributed by atoms with Gasteiger partial charge in [-0.1, -0.05) is 35.0 Å². The molecule has 0 saturated carbocycles. The Morgan fingerprint density at radius 2 is 1.79 bits per heavy atom. The number of benzene rings is 1. The van der Waals surface area contributed by atoms with Gasteiger partial charge in [-0.15, -0.1) is 0 Å². The number of hydrogen-bond donors (Lipinski definition) is 1. The van der Waals surface area contributed by atoms with Crippen LogP contribution in [0.25, 0.3) is 11.3 Å². The summed E-state index contributed by atoms with van der Waals surface area (Å²) in [5, 5.41) is 13.5. The smallest absolute Gasteiger partial charge is 0.407 e. The van der Waals surface area contributed by atoms with Gasteiger partial charge in [0.25, 0.3) is 5.91 Å². The highest BCUT2D eigenvalue weighted by molar-refractivity contribution is 6.33. The Balaban J connectivity index is 1.88. The molecule has 2 aromatic rings. The highest BCUT2D eigenvalue weighted by atomic mass is 35.5. The fourth-order valence-corrected chi connectivity index (χ4v) is 2.95. The molecule has 126 valence electrons. The molecular weight excluding hydrogens is 334 g/mol. The van der Waals surface area contributed by atoms with Crippen LogP contribution in [0.15, 0.2) is 28.8 Å². The topological polar surface area (TPSA) is 86.9 Å². The van der Waals surface area contributed by atoms with E-state index >= 15 is 0 Å². The first-order valence-electron chi connectivity index (χ1n) is 7.47. The first kappa shape index (κ1) is 16.3. The van der Waals surface area contributed by atoms with Crippen LogP contribution in [0, 0.1) is 6.92 Å². The Hall–Kier alpha value is -2.54. The van der Waals surface area contributed by atoms with Gasteiger partial charge in [0.05, 0.1) is 5.02 Å². The molecule has 0 aliphatic carbocycles. The molecule has 3 rings (SSSR count). The number of nitrogens with zero attached hydrogens (tertiary/aromatic N) is 3. The quantitative estimate of drug-likeness (QED) is 0.900. The van der Waals surface area contributed by atoms with E-state index in [1.165, 1.54) is 4.90 Å². The SMILES string of the molecule is Cc1onc(-c2ccccc2Cl)c1C(=O)N1CCN(C(=O)O)CC1. The summed E-state index contributed by atoms with van der Waals surface area (Å²) in [6, 6.07) is 7.11. The zero-order chi connectivity index (χ0) is 17.3. The molecule has 0 bridgehead atoms. The van der Waals surface area contributed by atoms with Crippen molar-refractivity contribution >= 4 is 23.6 Å². The second-order valence-corrected chi connectivity index (χ2v) is 5.91. The van der Waals surface area contributed by atoms with Crippen molar-refractivity contribution in [1.82, 2.24) is 15.0 Å². The number of amides is 2. The summed E-state index contributed by atoms with van der Waals surface area (Å²) in [6.45, 7) is 2.91. The monoisotopic (exact) mass is 349 g/mol. The third-order valence-electron chi connectivity index (χ3n) is 4.04. The molecule has 1 aromatic heterocycles. The first-order chi connectivity index (χ1) is 11.5. The molecule has 8 heteroatoms. The molecule has 2 amide bonds. The third-order valence-corrected chi connectivity index (χ3v) is 4.37. The van der Waals surface area contributed by atoms with Crippen LogP contribution < -0.4 is 0 Å². The molecule has 1 aliphatic heterocycles. The maximum absolute atomic E-state index is 12.9. The maximum Gasteiger partial charge on any atom is 0.407 e. The zero-order valence-corrected chi connectivity index (χ0v) is 13.8. The van der Waals surface area contributed by atoms with E-state index in [2.05, 4.69) is 5.16 Å². The number of aromatic nitrogens is 1. The number of hydrogen-bond acceptors (Lipinski definition) is 4. The van der Waals surface area contributed by atoms with Crippen molar-refractivity contribution in [3.05, 3.63) is 40.6 Å². The predicted octanol–water partition coefficient (Wildman–Crippen LogP) is 2.74. The van der Waals surface area contributed by atoms with Gasteiger partial charge in [-0.3, -0.25) is 4.79 Å². The molecule has 2 heterocycles. The average molecular weight is 350 g/mol. The van der Waals surface area contributed by atoms with Crippen LogP contribution in [0.2, 0.25) is 5.02 Å². The summed E-state index contributed by atoms with van der Waals surface area (Å²) >= 11 is 6.21. The predicted molar refractivity (Wildman–Crippen MR) is 87.2 cm³/mol. The summed E-state index contributed by atoms with van der Waals surface area (Å²) in [5.41, 5.74) is 1.40. The molecule has 0 radical (unpaired) electrons. The van der Waals surface area contributed by atoms with Crippen LogP contribution in [0.5, 0.6) is 0 Å². The van der Waals surface area contributed by atoms with Gasteiger partial charge in [0, 0.05) is 31.7 Å². The van der Waals surface area contributed by atoms with E-state index in [0.717, 1.165) is 0 Å². The van der Waals surface area contributed by atoms with Gasteiger partial charge in [0.15, 0.2) is 0 Å². The maximum atomic E-state index is 12.9. The lowest BCUT2D eigenvalue weighted by Gasteiger charge is -2.33. The van der Waals surface area contributed by atoms with Crippen LogP contribution in [-0.4, -0.2) is 58.2 Å². The first-order valence-corrected chi connectivity index (χ1v) is 7.85. The lowest BCUT2D eigenvalue weighted by Crippen LogP contribution is -2.50. The van der Waals surface area contributed by atoms with Gasteiger partial charge in [0.1, 0.15) is 17.0 Å². The van der Waals surface area contributed by atoms with Crippen LogP contribution in [0.1, 0.15) is 16.1 Å². The third kappa shape index (κ3) is 2.94. The number of piperazine rings is 1. The highest BCUT2D eigenvalue weighted by Crippen LogP contribution is 2.31. The van der Waals surface area contributed by atoms with Gasteiger partial charge < -0.3 is 19.4 Å². The van der Waals surface area contributed by atoms with E-state index in [4.69, 9.17) is 21.2 Å². The Kier molecular flexibility index (Phi) is 4.44. The Labute approximate surface area is 143 Å². The zero-order valence-electron chi connectivity index (χ0n) is 13.0. The summed E-state index contributed by atoms with van der Waals surface area (Å²) in [5.74, 6) is 0.185. The summed E-state index contributed by atoms with van der Waals surface area (Å²) in [6.07, 6.45) is -0.972. The molecule has 7 nitrogen and oxygen atoms in total. The van der Waals surface area contributed by atoms with Crippen molar-refractivity contribution in [1.29, 1.82) is 0 Å². The van der Waals surface area contributed by atoms with Gasteiger partial charge in [-0.05, 0) is 13.0 Å². The number of rotatable bonds is 2. The van der Waals surface area contributed by atoms with Crippen LogP contribution in [-0.2, 0) is 0 Å². The Morgan fingerprint density at radius 1 is 1.17 bits per heavy atom. The molecule has 0 spiro atoms. The minimum Gasteiger partial charge on any atom is -0.465 e. The standard InChI is InChI=1S/C16H16ClN3O4/c1-10-13(14(18-24-10)11-4-2-3-5-12(11)17)15(21)19-6-8-20(9-7-19)16(22)23/h2-5H,6-9H2,1H3,(H,22,23). The summed E-state index contributed by atoms with van der Waals surface area (Å²) < 4.78 is 5.22. The molecular formula is C16H16ClN3O4. The van der Waals surface area contributed by atoms with Crippen molar-refractivity contribution in [3.8, 4) is 11.3 Å². The van der Waals surface area contributed by atoms with Gasteiger partial charge in [-0.25, -0.2) is 4.79 Å². The molecule has 1 N–H and O–H groups in total. The van der Waals surface area contributed by atoms with E-state index in [1.807, 2.05) is 6.07 Å². The second-order valence-electron chi connectivity index (χ2n) is 5.50. The van der Waals surface area contributed by atoms with Gasteiger partial charge >= 0.3 is 6.09 Å². The number of carboxylic acid groups (broad SMARTS) is 1. The van der Waals surface area contributed by atoms with Crippen molar-refractivity contribution in [2.45, 2.75) is 6.92 Å². The van der Waals surface area contributed by atoms with Crippen LogP contribution in [0.4, 0.5) is 4.79 Å².